The molecule has 1 atom stereocenters. The topological polar surface area (TPSA) is 106 Å². The highest BCUT2D eigenvalue weighted by molar-refractivity contribution is 7.19. The van der Waals surface area contributed by atoms with Gasteiger partial charge in [0.2, 0.25) is 11.3 Å². The van der Waals surface area contributed by atoms with E-state index in [1.165, 1.54) is 11.3 Å². The van der Waals surface area contributed by atoms with Crippen LogP contribution in [-0.2, 0) is 47.4 Å². The summed E-state index contributed by atoms with van der Waals surface area (Å²) in [4.78, 5) is 33.6. The molecule has 0 saturated carbocycles. The molecule has 41 heavy (non-hydrogen) atoms. The van der Waals surface area contributed by atoms with Crippen molar-refractivity contribution in [2.45, 2.75) is 32.2 Å². The van der Waals surface area contributed by atoms with Crippen molar-refractivity contribution in [2.75, 3.05) is 33.9 Å². The first-order valence-corrected chi connectivity index (χ1v) is 14.4. The van der Waals surface area contributed by atoms with Gasteiger partial charge in [-0.2, -0.15) is 0 Å². The van der Waals surface area contributed by atoms with E-state index in [-0.39, 0.29) is 17.8 Å². The first kappa shape index (κ1) is 30.8. The van der Waals surface area contributed by atoms with E-state index in [1.807, 2.05) is 47.8 Å². The zero-order valence-corrected chi connectivity index (χ0v) is 25.0. The van der Waals surface area contributed by atoms with Gasteiger partial charge in [0, 0.05) is 67.2 Å². The maximum absolute atomic E-state index is 13.6. The highest BCUT2D eigenvalue weighted by atomic mass is 35.5. The number of nitrogens with one attached hydrogen (secondary N) is 1. The van der Waals surface area contributed by atoms with Crippen LogP contribution in [0.4, 0.5) is 0 Å². The first-order valence-electron chi connectivity index (χ1n) is 13.2. The van der Waals surface area contributed by atoms with Crippen LogP contribution in [0.25, 0.3) is 10.2 Å². The molecule has 3 heterocycles. The molecule has 0 radical (unpaired) electrons. The summed E-state index contributed by atoms with van der Waals surface area (Å²) in [5.74, 6) is -0.237. The number of aliphatic hydroxyl groups excluding tert-OH is 1. The van der Waals surface area contributed by atoms with Crippen molar-refractivity contribution in [3.63, 3.8) is 0 Å². The third-order valence-electron chi connectivity index (χ3n) is 6.62. The maximum atomic E-state index is 13.6. The number of amides is 1. The number of nitrogens with zero attached hydrogens (tertiary/aromatic N) is 3. The molecule has 218 valence electrons. The molecule has 1 amide bonds. The summed E-state index contributed by atoms with van der Waals surface area (Å²) in [5.41, 5.74) is 3.49. The number of carbonyl (C=O) groups is 1. The van der Waals surface area contributed by atoms with E-state index in [2.05, 4.69) is 10.3 Å². The number of rotatable bonds is 14. The number of likely N-dealkylation sites (N-methyl/N-ethyl adjacent to an activating group) is 1. The fourth-order valence-electron chi connectivity index (χ4n) is 4.56. The average molecular weight is 599 g/mol. The third kappa shape index (κ3) is 8.22. The number of aromatic nitrogens is 2. The number of aliphatic hydroxyl groups is 1. The Morgan fingerprint density at radius 1 is 1.22 bits per heavy atom. The number of aryl methyl sites for hydroxylation is 1. The lowest BCUT2D eigenvalue weighted by Gasteiger charge is -2.20. The van der Waals surface area contributed by atoms with Gasteiger partial charge in [-0.05, 0) is 36.9 Å². The highest BCUT2D eigenvalue weighted by Gasteiger charge is 2.22. The van der Waals surface area contributed by atoms with E-state index < -0.39 is 6.10 Å². The van der Waals surface area contributed by atoms with Gasteiger partial charge in [-0.1, -0.05) is 29.8 Å². The molecule has 9 nitrogen and oxygen atoms in total. The lowest BCUT2D eigenvalue weighted by atomic mass is 10.1. The number of pyridine rings is 2. The molecule has 0 spiro atoms. The minimum absolute atomic E-state index is 0.0285. The Bertz CT molecular complexity index is 1510. The molecule has 3 aromatic heterocycles. The van der Waals surface area contributed by atoms with Crippen molar-refractivity contribution in [3.8, 4) is 0 Å². The summed E-state index contributed by atoms with van der Waals surface area (Å²) in [5, 5.41) is 14.2. The lowest BCUT2D eigenvalue weighted by Crippen LogP contribution is -2.27. The number of fused-ring (bicyclic) bond motifs is 1. The minimum atomic E-state index is -0.749. The number of carbonyl (C=O) groups excluding carboxylic acids is 1. The molecule has 0 aliphatic carbocycles. The molecule has 0 aliphatic rings. The van der Waals surface area contributed by atoms with E-state index in [1.54, 1.807) is 37.7 Å². The molecule has 1 unspecified atom stereocenters. The average Bonchev–Trinajstić information content (AvgIpc) is 3.32. The van der Waals surface area contributed by atoms with Crippen LogP contribution in [0.3, 0.4) is 0 Å². The Kier molecular flexibility index (Phi) is 11.0. The smallest absolute Gasteiger partial charge is 0.224 e. The fourth-order valence-corrected chi connectivity index (χ4v) is 6.08. The molecule has 2 N–H and O–H groups in total. The summed E-state index contributed by atoms with van der Waals surface area (Å²) in [6.07, 6.45) is 2.61. The quantitative estimate of drug-likeness (QED) is 0.213. The Labute approximate surface area is 248 Å². The highest BCUT2D eigenvalue weighted by Crippen LogP contribution is 2.31. The van der Waals surface area contributed by atoms with Crippen LogP contribution in [0.1, 0.15) is 33.4 Å². The first-order chi connectivity index (χ1) is 19.8. The van der Waals surface area contributed by atoms with Crippen molar-refractivity contribution in [3.05, 3.63) is 97.4 Å². The number of thiophene rings is 1. The second-order valence-corrected chi connectivity index (χ2v) is 11.4. The van der Waals surface area contributed by atoms with Gasteiger partial charge in [-0.15, -0.1) is 11.3 Å². The van der Waals surface area contributed by atoms with Gasteiger partial charge in [-0.3, -0.25) is 19.5 Å². The van der Waals surface area contributed by atoms with Crippen molar-refractivity contribution in [1.82, 2.24) is 19.8 Å². The van der Waals surface area contributed by atoms with Crippen LogP contribution < -0.4 is 10.7 Å². The van der Waals surface area contributed by atoms with Crippen LogP contribution in [0.5, 0.6) is 0 Å². The summed E-state index contributed by atoms with van der Waals surface area (Å²) < 4.78 is 13.5. The number of hydrogen-bond acceptors (Lipinski definition) is 8. The molecule has 11 heteroatoms. The van der Waals surface area contributed by atoms with Crippen molar-refractivity contribution < 1.29 is 19.4 Å². The van der Waals surface area contributed by atoms with Crippen LogP contribution in [-0.4, -0.2) is 59.4 Å². The summed E-state index contributed by atoms with van der Waals surface area (Å²) in [7, 11) is 5.41. The Morgan fingerprint density at radius 2 is 2.00 bits per heavy atom. The molecule has 0 fully saturated rings. The molecule has 0 aliphatic heterocycles. The standard InChI is InChI=1S/C30H35ClN4O5S/c1-34(17-25(36)24-6-4-5-11-32-24)18-26-23(19-40-13-12-39-3)28-30(41-26)29(38)21(16-35(28)2)14-27(37)33-15-20-7-9-22(31)10-8-20/h4-11,16,25,36H,12-15,17-19H2,1-3H3,(H,33,37). The van der Waals surface area contributed by atoms with E-state index in [4.69, 9.17) is 21.1 Å². The van der Waals surface area contributed by atoms with E-state index in [0.717, 1.165) is 21.5 Å². The largest absolute Gasteiger partial charge is 0.385 e. The van der Waals surface area contributed by atoms with Gasteiger partial charge in [0.15, 0.2) is 0 Å². The number of halogens is 1. The van der Waals surface area contributed by atoms with E-state index in [9.17, 15) is 14.7 Å². The van der Waals surface area contributed by atoms with Gasteiger partial charge in [0.05, 0.1) is 42.2 Å². The third-order valence-corrected chi connectivity index (χ3v) is 8.08. The number of hydrogen-bond donors (Lipinski definition) is 2. The monoisotopic (exact) mass is 598 g/mol. The maximum Gasteiger partial charge on any atom is 0.224 e. The Hall–Kier alpha value is -3.12. The summed E-state index contributed by atoms with van der Waals surface area (Å²) in [6.45, 7) is 2.40. The van der Waals surface area contributed by atoms with Crippen LogP contribution in [0.15, 0.2) is 59.7 Å². The Morgan fingerprint density at radius 3 is 2.71 bits per heavy atom. The molecule has 0 bridgehead atoms. The van der Waals surface area contributed by atoms with Crippen LogP contribution in [0, 0.1) is 0 Å². The second kappa shape index (κ2) is 14.7. The number of benzene rings is 1. The Balaban J connectivity index is 1.55. The van der Waals surface area contributed by atoms with Crippen LogP contribution in [0.2, 0.25) is 5.02 Å². The van der Waals surface area contributed by atoms with Gasteiger partial charge < -0.3 is 24.5 Å². The van der Waals surface area contributed by atoms with Gasteiger partial charge in [0.1, 0.15) is 6.10 Å². The van der Waals surface area contributed by atoms with E-state index >= 15 is 0 Å². The fraction of sp³-hybridized carbons (Fsp3) is 0.367. The second-order valence-electron chi connectivity index (χ2n) is 9.87. The summed E-state index contributed by atoms with van der Waals surface area (Å²) >= 11 is 7.34. The zero-order chi connectivity index (χ0) is 29.4. The lowest BCUT2D eigenvalue weighted by molar-refractivity contribution is -0.120. The van der Waals surface area contributed by atoms with Crippen LogP contribution >= 0.6 is 22.9 Å². The van der Waals surface area contributed by atoms with Gasteiger partial charge in [-0.25, -0.2) is 0 Å². The normalized spacial score (nSPS) is 12.2. The predicted molar refractivity (Wildman–Crippen MR) is 161 cm³/mol. The summed E-state index contributed by atoms with van der Waals surface area (Å²) in [6, 6.07) is 12.7. The molecular weight excluding hydrogens is 564 g/mol. The predicted octanol–water partition coefficient (Wildman–Crippen LogP) is 3.84. The number of ether oxygens (including phenoxy) is 2. The number of methoxy groups -OCH3 is 1. The minimum Gasteiger partial charge on any atom is -0.385 e. The van der Waals surface area contributed by atoms with Crippen molar-refractivity contribution in [2.24, 2.45) is 7.05 Å². The SMILES string of the molecule is COCCOCc1c(CN(C)CC(O)c2ccccn2)sc2c(=O)c(CC(=O)NCc3ccc(Cl)cc3)cn(C)c12. The molecule has 4 rings (SSSR count). The van der Waals surface area contributed by atoms with E-state index in [0.29, 0.717) is 60.4 Å². The molecular formula is C30H35ClN4O5S. The molecule has 0 saturated heterocycles. The molecule has 4 aromatic rings. The molecule has 1 aromatic carbocycles. The van der Waals surface area contributed by atoms with Gasteiger partial charge >= 0.3 is 0 Å². The van der Waals surface area contributed by atoms with Crippen molar-refractivity contribution in [1.29, 1.82) is 0 Å². The van der Waals surface area contributed by atoms with Gasteiger partial charge in [0.25, 0.3) is 0 Å². The zero-order valence-electron chi connectivity index (χ0n) is 23.4. The van der Waals surface area contributed by atoms with Crippen molar-refractivity contribution >= 4 is 39.1 Å².